The van der Waals surface area contributed by atoms with Crippen molar-refractivity contribution in [2.45, 2.75) is 18.6 Å². The monoisotopic (exact) mass is 307 g/mol. The van der Waals surface area contributed by atoms with Crippen LogP contribution in [0.3, 0.4) is 0 Å². The van der Waals surface area contributed by atoms with E-state index in [1.807, 2.05) is 0 Å². The lowest BCUT2D eigenvalue weighted by molar-refractivity contribution is -0.137. The van der Waals surface area contributed by atoms with Gasteiger partial charge in [-0.2, -0.15) is 13.2 Å². The highest BCUT2D eigenvalue weighted by molar-refractivity contribution is 7.91. The summed E-state index contributed by atoms with van der Waals surface area (Å²) >= 11 is 0. The maximum Gasteiger partial charge on any atom is 0.417 e. The molecule has 1 aromatic rings. The Morgan fingerprint density at radius 1 is 1.25 bits per heavy atom. The summed E-state index contributed by atoms with van der Waals surface area (Å²) in [6, 6.07) is 3.78. The summed E-state index contributed by atoms with van der Waals surface area (Å²) in [5.74, 6) is -1.19. The summed E-state index contributed by atoms with van der Waals surface area (Å²) in [5.41, 5.74) is -1.53. The largest absolute Gasteiger partial charge is 0.417 e. The lowest BCUT2D eigenvalue weighted by atomic mass is 10.1. The molecule has 1 fully saturated rings. The molecule has 0 saturated carbocycles. The zero-order valence-corrected chi connectivity index (χ0v) is 11.1. The van der Waals surface area contributed by atoms with Crippen LogP contribution in [0.1, 0.15) is 22.3 Å². The zero-order chi connectivity index (χ0) is 15.0. The van der Waals surface area contributed by atoms with Gasteiger partial charge in [-0.25, -0.2) is 8.42 Å². The molecule has 4 nitrogen and oxygen atoms in total. The number of benzene rings is 1. The van der Waals surface area contributed by atoms with Gasteiger partial charge in [-0.3, -0.25) is 4.79 Å². The standard InChI is InChI=1S/C12H12F3NO3S/c13-12(14,15)10-4-2-1-3-9(10)11(17)16-8-5-6-20(18,19)7-8/h1-4,8H,5-7H2,(H,16,17). The highest BCUT2D eigenvalue weighted by atomic mass is 32.2. The van der Waals surface area contributed by atoms with Crippen LogP contribution in [0, 0.1) is 0 Å². The zero-order valence-electron chi connectivity index (χ0n) is 10.3. The molecule has 8 heteroatoms. The molecule has 0 aromatic heterocycles. The van der Waals surface area contributed by atoms with Gasteiger partial charge in [0.05, 0.1) is 22.6 Å². The number of halogens is 3. The Morgan fingerprint density at radius 2 is 1.90 bits per heavy atom. The van der Waals surface area contributed by atoms with Crippen molar-refractivity contribution in [2.24, 2.45) is 0 Å². The molecule has 0 radical (unpaired) electrons. The van der Waals surface area contributed by atoms with E-state index in [2.05, 4.69) is 5.32 Å². The van der Waals surface area contributed by atoms with Crippen LogP contribution in [0.25, 0.3) is 0 Å². The van der Waals surface area contributed by atoms with Crippen molar-refractivity contribution in [3.8, 4) is 0 Å². The topological polar surface area (TPSA) is 63.2 Å². The predicted octanol–water partition coefficient (Wildman–Crippen LogP) is 1.62. The van der Waals surface area contributed by atoms with E-state index in [4.69, 9.17) is 0 Å². The second-order valence-electron chi connectivity index (χ2n) is 4.62. The molecule has 0 spiro atoms. The Balaban J connectivity index is 2.19. The van der Waals surface area contributed by atoms with Crippen molar-refractivity contribution in [2.75, 3.05) is 11.5 Å². The van der Waals surface area contributed by atoms with Gasteiger partial charge >= 0.3 is 6.18 Å². The fraction of sp³-hybridized carbons (Fsp3) is 0.417. The van der Waals surface area contributed by atoms with Crippen LogP contribution < -0.4 is 5.32 Å². The molecule has 1 N–H and O–H groups in total. The van der Waals surface area contributed by atoms with Gasteiger partial charge in [0.2, 0.25) is 0 Å². The number of rotatable bonds is 2. The van der Waals surface area contributed by atoms with Crippen LogP contribution in [0.5, 0.6) is 0 Å². The number of nitrogens with one attached hydrogen (secondary N) is 1. The lowest BCUT2D eigenvalue weighted by Gasteiger charge is -2.15. The Kier molecular flexibility index (Phi) is 3.77. The fourth-order valence-electron chi connectivity index (χ4n) is 2.10. The third kappa shape index (κ3) is 3.30. The van der Waals surface area contributed by atoms with E-state index < -0.39 is 39.1 Å². The van der Waals surface area contributed by atoms with Gasteiger partial charge in [0.1, 0.15) is 0 Å². The van der Waals surface area contributed by atoms with E-state index in [0.29, 0.717) is 0 Å². The van der Waals surface area contributed by atoms with Crippen LogP contribution in [-0.4, -0.2) is 31.9 Å². The summed E-state index contributed by atoms with van der Waals surface area (Å²) in [6.45, 7) is 0. The van der Waals surface area contributed by atoms with Gasteiger partial charge < -0.3 is 5.32 Å². The van der Waals surface area contributed by atoms with Gasteiger partial charge in [-0.05, 0) is 18.6 Å². The predicted molar refractivity (Wildman–Crippen MR) is 66.0 cm³/mol. The van der Waals surface area contributed by atoms with Crippen LogP contribution >= 0.6 is 0 Å². The third-order valence-electron chi connectivity index (χ3n) is 3.04. The first-order valence-corrected chi connectivity index (χ1v) is 7.69. The van der Waals surface area contributed by atoms with E-state index in [1.165, 1.54) is 12.1 Å². The van der Waals surface area contributed by atoms with Gasteiger partial charge in [0, 0.05) is 6.04 Å². The quantitative estimate of drug-likeness (QED) is 0.903. The van der Waals surface area contributed by atoms with Crippen molar-refractivity contribution in [3.05, 3.63) is 35.4 Å². The van der Waals surface area contributed by atoms with Gasteiger partial charge in [-0.1, -0.05) is 12.1 Å². The minimum absolute atomic E-state index is 0.0567. The van der Waals surface area contributed by atoms with Crippen LogP contribution in [0.15, 0.2) is 24.3 Å². The number of hydrogen-bond donors (Lipinski definition) is 1. The first kappa shape index (κ1) is 14.8. The maximum absolute atomic E-state index is 12.8. The molecule has 0 aliphatic carbocycles. The number of alkyl halides is 3. The molecule has 20 heavy (non-hydrogen) atoms. The molecule has 1 aliphatic heterocycles. The first-order valence-electron chi connectivity index (χ1n) is 5.86. The van der Waals surface area contributed by atoms with Crippen LogP contribution in [0.4, 0.5) is 13.2 Å². The average molecular weight is 307 g/mol. The number of carbonyl (C=O) groups excluding carboxylic acids is 1. The number of amides is 1. The van der Waals surface area contributed by atoms with Gasteiger partial charge in [0.15, 0.2) is 9.84 Å². The van der Waals surface area contributed by atoms with Crippen LogP contribution in [-0.2, 0) is 16.0 Å². The van der Waals surface area contributed by atoms with Crippen molar-refractivity contribution >= 4 is 15.7 Å². The van der Waals surface area contributed by atoms with Crippen LogP contribution in [0.2, 0.25) is 0 Å². The molecule has 2 rings (SSSR count). The number of carbonyl (C=O) groups is 1. The SMILES string of the molecule is O=C(NC1CCS(=O)(=O)C1)c1ccccc1C(F)(F)F. The molecule has 0 bridgehead atoms. The molecule has 110 valence electrons. The van der Waals surface area contributed by atoms with Crippen molar-refractivity contribution < 1.29 is 26.4 Å². The van der Waals surface area contributed by atoms with E-state index in [9.17, 15) is 26.4 Å². The molecule has 1 amide bonds. The highest BCUT2D eigenvalue weighted by Crippen LogP contribution is 2.31. The summed E-state index contributed by atoms with van der Waals surface area (Å²) < 4.78 is 60.8. The van der Waals surface area contributed by atoms with E-state index in [-0.39, 0.29) is 17.9 Å². The van der Waals surface area contributed by atoms with E-state index in [0.717, 1.165) is 12.1 Å². The molecule has 1 heterocycles. The smallest absolute Gasteiger partial charge is 0.348 e. The minimum atomic E-state index is -4.63. The molecule has 1 aromatic carbocycles. The Morgan fingerprint density at radius 3 is 2.45 bits per heavy atom. The van der Waals surface area contributed by atoms with Gasteiger partial charge in [-0.15, -0.1) is 0 Å². The second-order valence-corrected chi connectivity index (χ2v) is 6.85. The molecular formula is C12H12F3NO3S. The number of sulfone groups is 1. The van der Waals surface area contributed by atoms with E-state index in [1.54, 1.807) is 0 Å². The Labute approximate surface area is 113 Å². The third-order valence-corrected chi connectivity index (χ3v) is 4.81. The number of hydrogen-bond acceptors (Lipinski definition) is 3. The Bertz CT molecular complexity index is 625. The van der Waals surface area contributed by atoms with E-state index >= 15 is 0 Å². The van der Waals surface area contributed by atoms with Crippen molar-refractivity contribution in [1.29, 1.82) is 0 Å². The normalized spacial score (nSPS) is 21.6. The maximum atomic E-state index is 12.8. The summed E-state index contributed by atoms with van der Waals surface area (Å²) in [6.07, 6.45) is -4.40. The van der Waals surface area contributed by atoms with Crippen molar-refractivity contribution in [1.82, 2.24) is 5.32 Å². The lowest BCUT2D eigenvalue weighted by Crippen LogP contribution is -2.36. The van der Waals surface area contributed by atoms with Crippen molar-refractivity contribution in [3.63, 3.8) is 0 Å². The summed E-state index contributed by atoms with van der Waals surface area (Å²) in [7, 11) is -3.20. The molecule has 1 aliphatic rings. The molecular weight excluding hydrogens is 295 g/mol. The van der Waals surface area contributed by atoms with Gasteiger partial charge in [0.25, 0.3) is 5.91 Å². The molecule has 1 atom stereocenters. The summed E-state index contributed by atoms with van der Waals surface area (Å²) in [4.78, 5) is 11.9. The average Bonchev–Trinajstić information content (AvgIpc) is 2.67. The first-order chi connectivity index (χ1) is 9.19. The second kappa shape index (κ2) is 5.08. The minimum Gasteiger partial charge on any atom is -0.348 e. The molecule has 1 saturated heterocycles. The fourth-order valence-corrected chi connectivity index (χ4v) is 3.77. The summed E-state index contributed by atoms with van der Waals surface area (Å²) in [5, 5.41) is 2.35. The highest BCUT2D eigenvalue weighted by Gasteiger charge is 2.36. The molecule has 1 unspecified atom stereocenters. The Hall–Kier alpha value is -1.57.